The minimum absolute atomic E-state index is 0.298. The van der Waals surface area contributed by atoms with Crippen molar-refractivity contribution in [3.05, 3.63) is 15.8 Å². The summed E-state index contributed by atoms with van der Waals surface area (Å²) in [5.74, 6) is 0.298. The number of rotatable bonds is 1. The van der Waals surface area contributed by atoms with Crippen molar-refractivity contribution in [1.82, 2.24) is 0 Å². The molecule has 1 aromatic heterocycles. The van der Waals surface area contributed by atoms with Gasteiger partial charge in [0.2, 0.25) is 0 Å². The molecular formula is C7H7F3OS. The molecule has 1 aromatic rings. The highest BCUT2D eigenvalue weighted by Crippen LogP contribution is 2.39. The Hall–Kier alpha value is -0.710. The van der Waals surface area contributed by atoms with Crippen LogP contribution in [0.15, 0.2) is 6.07 Å². The molecule has 12 heavy (non-hydrogen) atoms. The van der Waals surface area contributed by atoms with Crippen molar-refractivity contribution in [3.63, 3.8) is 0 Å². The maximum Gasteiger partial charge on any atom is 0.425 e. The number of hydrogen-bond acceptors (Lipinski definition) is 2. The van der Waals surface area contributed by atoms with Crippen molar-refractivity contribution in [1.29, 1.82) is 0 Å². The molecule has 0 amide bonds. The number of halogens is 3. The molecule has 1 rings (SSSR count). The second-order valence-electron chi connectivity index (χ2n) is 2.23. The van der Waals surface area contributed by atoms with Crippen LogP contribution in [0.25, 0.3) is 0 Å². The maximum atomic E-state index is 12.1. The van der Waals surface area contributed by atoms with E-state index in [1.165, 1.54) is 7.11 Å². The van der Waals surface area contributed by atoms with Gasteiger partial charge in [-0.1, -0.05) is 0 Å². The normalized spacial score (nSPS) is 11.8. The van der Waals surface area contributed by atoms with E-state index in [1.54, 1.807) is 6.92 Å². The summed E-state index contributed by atoms with van der Waals surface area (Å²) in [6, 6.07) is 1.01. The van der Waals surface area contributed by atoms with Crippen LogP contribution < -0.4 is 4.74 Å². The predicted molar refractivity (Wildman–Crippen MR) is 40.6 cm³/mol. The van der Waals surface area contributed by atoms with Gasteiger partial charge in [-0.15, -0.1) is 11.3 Å². The van der Waals surface area contributed by atoms with Crippen LogP contribution >= 0.6 is 11.3 Å². The molecule has 0 radical (unpaired) electrons. The first kappa shape index (κ1) is 9.38. The number of methoxy groups -OCH3 is 1. The molecule has 0 unspecified atom stereocenters. The van der Waals surface area contributed by atoms with E-state index in [9.17, 15) is 13.2 Å². The lowest BCUT2D eigenvalue weighted by molar-refractivity contribution is -0.134. The van der Waals surface area contributed by atoms with Crippen molar-refractivity contribution >= 4 is 11.3 Å². The third-order valence-corrected chi connectivity index (χ3v) is 2.45. The van der Waals surface area contributed by atoms with Crippen molar-refractivity contribution in [2.75, 3.05) is 7.11 Å². The van der Waals surface area contributed by atoms with Gasteiger partial charge in [0.1, 0.15) is 10.6 Å². The second-order valence-corrected chi connectivity index (χ2v) is 3.49. The summed E-state index contributed by atoms with van der Waals surface area (Å²) in [5, 5.41) is 0. The van der Waals surface area contributed by atoms with Crippen LogP contribution in [0.2, 0.25) is 0 Å². The highest BCUT2D eigenvalue weighted by molar-refractivity contribution is 7.12. The Balaban J connectivity index is 3.05. The van der Waals surface area contributed by atoms with Crippen LogP contribution in [0.1, 0.15) is 9.75 Å². The maximum absolute atomic E-state index is 12.1. The van der Waals surface area contributed by atoms with Gasteiger partial charge >= 0.3 is 6.18 Å². The summed E-state index contributed by atoms with van der Waals surface area (Å²) >= 11 is 0.696. The molecule has 5 heteroatoms. The Kier molecular flexibility index (Phi) is 2.32. The van der Waals surface area contributed by atoms with E-state index >= 15 is 0 Å². The van der Waals surface area contributed by atoms with Gasteiger partial charge < -0.3 is 4.74 Å². The van der Waals surface area contributed by atoms with E-state index in [4.69, 9.17) is 4.74 Å². The molecule has 0 saturated heterocycles. The molecule has 0 spiro atoms. The molecule has 1 nitrogen and oxygen atoms in total. The lowest BCUT2D eigenvalue weighted by atomic mass is 10.4. The molecule has 0 aliphatic heterocycles. The average molecular weight is 196 g/mol. The minimum Gasteiger partial charge on any atom is -0.496 e. The number of ether oxygens (including phenoxy) is 1. The molecule has 0 N–H and O–H groups in total. The Morgan fingerprint density at radius 2 is 2.00 bits per heavy atom. The fraction of sp³-hybridized carbons (Fsp3) is 0.429. The van der Waals surface area contributed by atoms with Gasteiger partial charge in [0, 0.05) is 10.9 Å². The van der Waals surface area contributed by atoms with Crippen molar-refractivity contribution in [2.24, 2.45) is 0 Å². The number of aryl methyl sites for hydroxylation is 1. The van der Waals surface area contributed by atoms with Gasteiger partial charge in [-0.05, 0) is 6.92 Å². The highest BCUT2D eigenvalue weighted by atomic mass is 32.1. The SMILES string of the molecule is COc1cc(C(F)(F)F)sc1C. The molecule has 0 fully saturated rings. The third kappa shape index (κ3) is 1.72. The smallest absolute Gasteiger partial charge is 0.425 e. The summed E-state index contributed by atoms with van der Waals surface area (Å²) in [6.45, 7) is 1.60. The number of thiophene rings is 1. The van der Waals surface area contributed by atoms with Crippen LogP contribution in [0.5, 0.6) is 5.75 Å². The Morgan fingerprint density at radius 3 is 2.25 bits per heavy atom. The largest absolute Gasteiger partial charge is 0.496 e. The van der Waals surface area contributed by atoms with E-state index in [1.807, 2.05) is 0 Å². The lowest BCUT2D eigenvalue weighted by Gasteiger charge is -1.99. The molecule has 0 aliphatic carbocycles. The fourth-order valence-electron chi connectivity index (χ4n) is 0.808. The monoisotopic (exact) mass is 196 g/mol. The summed E-state index contributed by atoms with van der Waals surface area (Å²) < 4.78 is 40.9. The van der Waals surface area contributed by atoms with E-state index < -0.39 is 11.1 Å². The molecule has 0 saturated carbocycles. The van der Waals surface area contributed by atoms with Gasteiger partial charge in [0.15, 0.2) is 0 Å². The first-order valence-electron chi connectivity index (χ1n) is 3.16. The zero-order chi connectivity index (χ0) is 9.35. The molecule has 0 bridgehead atoms. The summed E-state index contributed by atoms with van der Waals surface area (Å²) in [7, 11) is 1.36. The van der Waals surface area contributed by atoms with Gasteiger partial charge in [-0.2, -0.15) is 13.2 Å². The number of alkyl halides is 3. The third-order valence-electron chi connectivity index (χ3n) is 1.37. The van der Waals surface area contributed by atoms with Crippen LogP contribution in [0.3, 0.4) is 0 Å². The Labute approximate surface area is 71.8 Å². The standard InChI is InChI=1S/C7H7F3OS/c1-4-5(11-2)3-6(12-4)7(8,9)10/h3H,1-2H3. The van der Waals surface area contributed by atoms with Gasteiger partial charge in [0.05, 0.1) is 7.11 Å². The van der Waals surface area contributed by atoms with E-state index in [-0.39, 0.29) is 0 Å². The van der Waals surface area contributed by atoms with E-state index in [0.717, 1.165) is 6.07 Å². The van der Waals surface area contributed by atoms with Gasteiger partial charge in [0.25, 0.3) is 0 Å². The quantitative estimate of drug-likeness (QED) is 0.670. The van der Waals surface area contributed by atoms with Gasteiger partial charge in [-0.3, -0.25) is 0 Å². The average Bonchev–Trinajstić information content (AvgIpc) is 2.29. The molecule has 0 aromatic carbocycles. The molecule has 0 atom stereocenters. The van der Waals surface area contributed by atoms with E-state index in [2.05, 4.69) is 0 Å². The van der Waals surface area contributed by atoms with Crippen LogP contribution in [0, 0.1) is 6.92 Å². The Morgan fingerprint density at radius 1 is 1.42 bits per heavy atom. The summed E-state index contributed by atoms with van der Waals surface area (Å²) in [5.41, 5.74) is 0. The fourth-order valence-corrected chi connectivity index (χ4v) is 1.66. The topological polar surface area (TPSA) is 9.23 Å². The van der Waals surface area contributed by atoms with Crippen molar-refractivity contribution in [2.45, 2.75) is 13.1 Å². The van der Waals surface area contributed by atoms with Crippen LogP contribution in [-0.2, 0) is 6.18 Å². The lowest BCUT2D eigenvalue weighted by Crippen LogP contribution is -2.00. The summed E-state index contributed by atoms with van der Waals surface area (Å²) in [4.78, 5) is -0.0679. The van der Waals surface area contributed by atoms with Crippen LogP contribution in [-0.4, -0.2) is 7.11 Å². The molecule has 68 valence electrons. The van der Waals surface area contributed by atoms with Crippen molar-refractivity contribution in [3.8, 4) is 5.75 Å². The minimum atomic E-state index is -4.26. The second kappa shape index (κ2) is 2.97. The number of hydrogen-bond donors (Lipinski definition) is 0. The molecule has 0 aliphatic rings. The first-order valence-corrected chi connectivity index (χ1v) is 3.98. The zero-order valence-corrected chi connectivity index (χ0v) is 7.34. The first-order chi connectivity index (χ1) is 5.45. The van der Waals surface area contributed by atoms with E-state index in [0.29, 0.717) is 22.0 Å². The highest BCUT2D eigenvalue weighted by Gasteiger charge is 2.33. The Bertz CT molecular complexity index is 277. The van der Waals surface area contributed by atoms with Crippen molar-refractivity contribution < 1.29 is 17.9 Å². The zero-order valence-electron chi connectivity index (χ0n) is 6.53. The molecular weight excluding hydrogens is 189 g/mol. The molecule has 1 heterocycles. The van der Waals surface area contributed by atoms with Gasteiger partial charge in [-0.25, -0.2) is 0 Å². The summed E-state index contributed by atoms with van der Waals surface area (Å²) in [6.07, 6.45) is -4.26. The predicted octanol–water partition coefficient (Wildman–Crippen LogP) is 3.08. The van der Waals surface area contributed by atoms with Crippen LogP contribution in [0.4, 0.5) is 13.2 Å².